The monoisotopic (exact) mass is 271 g/mol. The summed E-state index contributed by atoms with van der Waals surface area (Å²) in [5.74, 6) is -3.36. The van der Waals surface area contributed by atoms with E-state index in [0.717, 1.165) is 0 Å². The number of aryl methyl sites for hydroxylation is 2. The van der Waals surface area contributed by atoms with Crippen LogP contribution in [0.2, 0.25) is 0 Å². The number of amides is 1. The predicted molar refractivity (Wildman–Crippen MR) is 66.4 cm³/mol. The third-order valence-electron chi connectivity index (χ3n) is 3.06. The normalized spacial score (nSPS) is 21.4. The minimum atomic E-state index is -2.85. The molecule has 0 bridgehead atoms. The summed E-state index contributed by atoms with van der Waals surface area (Å²) in [6, 6.07) is 0.611. The molecule has 1 atom stereocenters. The molecule has 0 aromatic carbocycles. The lowest BCUT2D eigenvalue weighted by molar-refractivity contribution is -0.118. The first-order valence-electron chi connectivity index (χ1n) is 5.88. The molecule has 1 aliphatic rings. The summed E-state index contributed by atoms with van der Waals surface area (Å²) < 4.78 is 27.3. The van der Waals surface area contributed by atoms with Crippen LogP contribution >= 0.6 is 0 Å². The largest absolute Gasteiger partial charge is 0.323 e. The van der Waals surface area contributed by atoms with E-state index in [9.17, 15) is 18.4 Å². The summed E-state index contributed by atoms with van der Waals surface area (Å²) in [4.78, 5) is 23.3. The highest BCUT2D eigenvalue weighted by Crippen LogP contribution is 2.25. The van der Waals surface area contributed by atoms with Gasteiger partial charge >= 0.3 is 0 Å². The van der Waals surface area contributed by atoms with Crippen LogP contribution in [0.4, 0.5) is 14.5 Å². The van der Waals surface area contributed by atoms with Gasteiger partial charge in [-0.15, -0.1) is 0 Å². The number of anilines is 1. The number of hydrogen-bond acceptors (Lipinski definition) is 3. The maximum atomic E-state index is 13.0. The zero-order valence-electron chi connectivity index (χ0n) is 10.7. The zero-order chi connectivity index (χ0) is 14.2. The summed E-state index contributed by atoms with van der Waals surface area (Å²) in [5, 5.41) is 5.01. The quantitative estimate of drug-likeness (QED) is 0.829. The molecular formula is C12H15F2N3O2. The van der Waals surface area contributed by atoms with Gasteiger partial charge < -0.3 is 9.88 Å². The van der Waals surface area contributed by atoms with Gasteiger partial charge in [0.05, 0.1) is 18.3 Å². The van der Waals surface area contributed by atoms with Crippen LogP contribution in [-0.2, 0) is 11.8 Å². The van der Waals surface area contributed by atoms with Crippen molar-refractivity contribution in [2.75, 3.05) is 11.9 Å². The Morgan fingerprint density at radius 3 is 2.79 bits per heavy atom. The van der Waals surface area contributed by atoms with E-state index in [1.807, 2.05) is 0 Å². The van der Waals surface area contributed by atoms with Gasteiger partial charge in [0.15, 0.2) is 0 Å². The number of pyridine rings is 1. The van der Waals surface area contributed by atoms with E-state index < -0.39 is 30.8 Å². The van der Waals surface area contributed by atoms with Gasteiger partial charge in [0.1, 0.15) is 0 Å². The molecule has 1 fully saturated rings. The molecular weight excluding hydrogens is 256 g/mol. The third kappa shape index (κ3) is 2.98. The molecule has 1 aromatic heterocycles. The first kappa shape index (κ1) is 13.7. The molecule has 2 rings (SSSR count). The Morgan fingerprint density at radius 1 is 1.58 bits per heavy atom. The van der Waals surface area contributed by atoms with Crippen LogP contribution in [0.25, 0.3) is 0 Å². The van der Waals surface area contributed by atoms with E-state index in [4.69, 9.17) is 0 Å². The standard InChI is InChI=1S/C12H15F2N3O2/c1-7-3-8(5-17(2)11(7)19)16-10(18)9-4-12(13,14)6-15-9/h3,5,9,15H,4,6H2,1-2H3,(H,16,18). The second kappa shape index (κ2) is 4.73. The molecule has 2 N–H and O–H groups in total. The fourth-order valence-corrected chi connectivity index (χ4v) is 2.08. The van der Waals surface area contributed by atoms with Crippen LogP contribution in [0, 0.1) is 6.92 Å². The Morgan fingerprint density at radius 2 is 2.26 bits per heavy atom. The van der Waals surface area contributed by atoms with Crippen LogP contribution < -0.4 is 16.2 Å². The molecule has 5 nitrogen and oxygen atoms in total. The fourth-order valence-electron chi connectivity index (χ4n) is 2.08. The lowest BCUT2D eigenvalue weighted by atomic mass is 10.2. The van der Waals surface area contributed by atoms with Crippen molar-refractivity contribution in [2.24, 2.45) is 7.05 Å². The highest BCUT2D eigenvalue weighted by atomic mass is 19.3. The third-order valence-corrected chi connectivity index (χ3v) is 3.06. The van der Waals surface area contributed by atoms with E-state index in [0.29, 0.717) is 11.3 Å². The second-order valence-electron chi connectivity index (χ2n) is 4.81. The first-order valence-corrected chi connectivity index (χ1v) is 5.88. The van der Waals surface area contributed by atoms with Gasteiger partial charge in [-0.1, -0.05) is 0 Å². The Bertz CT molecular complexity index is 542. The van der Waals surface area contributed by atoms with Crippen LogP contribution in [0.5, 0.6) is 0 Å². The molecule has 0 aliphatic carbocycles. The van der Waals surface area contributed by atoms with Gasteiger partial charge in [-0.3, -0.25) is 14.9 Å². The second-order valence-corrected chi connectivity index (χ2v) is 4.81. The van der Waals surface area contributed by atoms with E-state index in [2.05, 4.69) is 10.6 Å². The number of alkyl halides is 2. The van der Waals surface area contributed by atoms with Crippen LogP contribution in [0.15, 0.2) is 17.1 Å². The molecule has 0 radical (unpaired) electrons. The minimum absolute atomic E-state index is 0.163. The summed E-state index contributed by atoms with van der Waals surface area (Å²) in [6.07, 6.45) is 0.948. The first-order chi connectivity index (χ1) is 8.78. The van der Waals surface area contributed by atoms with Crippen molar-refractivity contribution in [1.82, 2.24) is 9.88 Å². The molecule has 104 valence electrons. The predicted octanol–water partition coefficient (Wildman–Crippen LogP) is 0.629. The summed E-state index contributed by atoms with van der Waals surface area (Å²) in [5.41, 5.74) is 0.732. The Kier molecular flexibility index (Phi) is 3.40. The van der Waals surface area contributed by atoms with E-state index in [-0.39, 0.29) is 5.56 Å². The van der Waals surface area contributed by atoms with Crippen molar-refractivity contribution < 1.29 is 13.6 Å². The van der Waals surface area contributed by atoms with Gasteiger partial charge in [0.2, 0.25) is 5.91 Å². The fraction of sp³-hybridized carbons (Fsp3) is 0.500. The van der Waals surface area contributed by atoms with Crippen LogP contribution in [0.1, 0.15) is 12.0 Å². The van der Waals surface area contributed by atoms with Gasteiger partial charge in [-0.2, -0.15) is 0 Å². The zero-order valence-corrected chi connectivity index (χ0v) is 10.7. The number of carbonyl (C=O) groups is 1. The molecule has 0 spiro atoms. The SMILES string of the molecule is Cc1cc(NC(=O)C2CC(F)(F)CN2)cn(C)c1=O. The molecule has 1 unspecified atom stereocenters. The van der Waals surface area contributed by atoms with E-state index in [1.165, 1.54) is 16.8 Å². The Balaban J connectivity index is 2.10. The summed E-state index contributed by atoms with van der Waals surface area (Å²) in [7, 11) is 1.56. The maximum Gasteiger partial charge on any atom is 0.262 e. The molecule has 7 heteroatoms. The van der Waals surface area contributed by atoms with Crippen molar-refractivity contribution in [3.8, 4) is 0 Å². The minimum Gasteiger partial charge on any atom is -0.323 e. The number of nitrogens with zero attached hydrogens (tertiary/aromatic N) is 1. The summed E-state index contributed by atoms with van der Waals surface area (Å²) >= 11 is 0. The van der Waals surface area contributed by atoms with Crippen molar-refractivity contribution in [3.05, 3.63) is 28.2 Å². The smallest absolute Gasteiger partial charge is 0.262 e. The lowest BCUT2D eigenvalue weighted by Gasteiger charge is -2.12. The molecule has 0 saturated carbocycles. The van der Waals surface area contributed by atoms with Gasteiger partial charge in [-0.05, 0) is 13.0 Å². The van der Waals surface area contributed by atoms with Crippen molar-refractivity contribution in [1.29, 1.82) is 0 Å². The number of carbonyl (C=O) groups excluding carboxylic acids is 1. The molecule has 1 aliphatic heterocycles. The molecule has 1 aromatic rings. The Labute approximate surface area is 108 Å². The number of aromatic nitrogens is 1. The van der Waals surface area contributed by atoms with Crippen molar-refractivity contribution in [2.45, 2.75) is 25.3 Å². The maximum absolute atomic E-state index is 13.0. The molecule has 2 heterocycles. The van der Waals surface area contributed by atoms with Gasteiger partial charge in [-0.25, -0.2) is 8.78 Å². The molecule has 19 heavy (non-hydrogen) atoms. The van der Waals surface area contributed by atoms with Crippen molar-refractivity contribution >= 4 is 11.6 Å². The average Bonchev–Trinajstić information content (AvgIpc) is 2.66. The van der Waals surface area contributed by atoms with E-state index >= 15 is 0 Å². The van der Waals surface area contributed by atoms with Gasteiger partial charge in [0, 0.05) is 25.2 Å². The van der Waals surface area contributed by atoms with Crippen molar-refractivity contribution in [3.63, 3.8) is 0 Å². The number of hydrogen-bond donors (Lipinski definition) is 2. The topological polar surface area (TPSA) is 63.1 Å². The lowest BCUT2D eigenvalue weighted by Crippen LogP contribution is -2.35. The highest BCUT2D eigenvalue weighted by Gasteiger charge is 2.42. The average molecular weight is 271 g/mol. The summed E-state index contributed by atoms with van der Waals surface area (Å²) in [6.45, 7) is 1.14. The van der Waals surface area contributed by atoms with Crippen LogP contribution in [-0.4, -0.2) is 29.0 Å². The number of halogens is 2. The molecule has 1 amide bonds. The molecule has 1 saturated heterocycles. The number of rotatable bonds is 2. The highest BCUT2D eigenvalue weighted by molar-refractivity contribution is 5.95. The number of nitrogens with one attached hydrogen (secondary N) is 2. The van der Waals surface area contributed by atoms with E-state index in [1.54, 1.807) is 14.0 Å². The Hall–Kier alpha value is -1.76. The van der Waals surface area contributed by atoms with Crippen LogP contribution in [0.3, 0.4) is 0 Å². The van der Waals surface area contributed by atoms with Gasteiger partial charge in [0.25, 0.3) is 11.5 Å².